The fraction of sp³-hybridized carbons (Fsp3) is 0.438. The van der Waals surface area contributed by atoms with Gasteiger partial charge in [0.15, 0.2) is 0 Å². The van der Waals surface area contributed by atoms with E-state index in [0.717, 1.165) is 22.6 Å². The standard InChI is InChI=1S/C15H20N2O4.CH2O2/c1-9-7-16-12(10(2)13(9)19-4)8-17-15(18)14-11(3)20-5-6-21-14;2-1-3/h7H,5-6,8H2,1-4H3,(H,17,18);1H,(H,2,3). The van der Waals surface area contributed by atoms with E-state index < -0.39 is 0 Å². The molecule has 24 heavy (non-hydrogen) atoms. The highest BCUT2D eigenvalue weighted by Crippen LogP contribution is 2.24. The average molecular weight is 338 g/mol. The van der Waals surface area contributed by atoms with Crippen LogP contribution in [0.4, 0.5) is 0 Å². The lowest BCUT2D eigenvalue weighted by Gasteiger charge is -2.19. The molecule has 0 saturated heterocycles. The molecule has 0 aromatic carbocycles. The third kappa shape index (κ3) is 4.87. The van der Waals surface area contributed by atoms with Crippen molar-refractivity contribution in [2.24, 2.45) is 0 Å². The lowest BCUT2D eigenvalue weighted by molar-refractivity contribution is -0.123. The fourth-order valence-electron chi connectivity index (χ4n) is 2.22. The third-order valence-electron chi connectivity index (χ3n) is 3.34. The summed E-state index contributed by atoms with van der Waals surface area (Å²) in [5.41, 5.74) is 2.65. The lowest BCUT2D eigenvalue weighted by Crippen LogP contribution is -2.30. The minimum Gasteiger partial charge on any atom is -0.496 e. The largest absolute Gasteiger partial charge is 0.496 e. The number of aromatic nitrogens is 1. The van der Waals surface area contributed by atoms with Crippen molar-refractivity contribution in [3.05, 3.63) is 34.5 Å². The summed E-state index contributed by atoms with van der Waals surface area (Å²) in [5.74, 6) is 1.23. The molecule has 1 aliphatic heterocycles. The first kappa shape index (κ1) is 19.3. The maximum Gasteiger partial charge on any atom is 0.290 e. The smallest absolute Gasteiger partial charge is 0.290 e. The van der Waals surface area contributed by atoms with Crippen LogP contribution in [0.2, 0.25) is 0 Å². The SMILES string of the molecule is COc1c(C)cnc(CNC(=O)C2=C(C)OCCO2)c1C.O=CO. The Morgan fingerprint density at radius 2 is 2.00 bits per heavy atom. The van der Waals surface area contributed by atoms with E-state index in [9.17, 15) is 4.79 Å². The molecule has 2 N–H and O–H groups in total. The molecule has 2 heterocycles. The number of carboxylic acid groups (broad SMARTS) is 1. The molecule has 0 spiro atoms. The predicted octanol–water partition coefficient (Wildman–Crippen LogP) is 1.30. The van der Waals surface area contributed by atoms with Crippen LogP contribution in [-0.4, -0.2) is 42.8 Å². The first-order valence-electron chi connectivity index (χ1n) is 7.27. The molecule has 1 aliphatic rings. The van der Waals surface area contributed by atoms with Crippen molar-refractivity contribution in [1.29, 1.82) is 0 Å². The number of methoxy groups -OCH3 is 1. The molecule has 0 radical (unpaired) electrons. The van der Waals surface area contributed by atoms with E-state index in [-0.39, 0.29) is 18.1 Å². The predicted molar refractivity (Wildman–Crippen MR) is 85.4 cm³/mol. The number of aryl methyl sites for hydroxylation is 1. The summed E-state index contributed by atoms with van der Waals surface area (Å²) in [6, 6.07) is 0. The van der Waals surface area contributed by atoms with Crippen molar-refractivity contribution in [2.45, 2.75) is 27.3 Å². The number of hydrogen-bond donors (Lipinski definition) is 2. The second kappa shape index (κ2) is 9.39. The first-order chi connectivity index (χ1) is 11.5. The molecule has 2 rings (SSSR count). The van der Waals surface area contributed by atoms with Gasteiger partial charge in [0, 0.05) is 17.3 Å². The third-order valence-corrected chi connectivity index (χ3v) is 3.34. The number of rotatable bonds is 4. The van der Waals surface area contributed by atoms with Crippen LogP contribution in [0.5, 0.6) is 5.75 Å². The van der Waals surface area contributed by atoms with Crippen LogP contribution in [-0.2, 0) is 25.6 Å². The Balaban J connectivity index is 0.000000891. The van der Waals surface area contributed by atoms with Gasteiger partial charge in [-0.3, -0.25) is 14.6 Å². The van der Waals surface area contributed by atoms with Crippen molar-refractivity contribution in [2.75, 3.05) is 20.3 Å². The van der Waals surface area contributed by atoms with E-state index in [2.05, 4.69) is 10.3 Å². The summed E-state index contributed by atoms with van der Waals surface area (Å²) in [6.07, 6.45) is 1.73. The van der Waals surface area contributed by atoms with Crippen molar-refractivity contribution < 1.29 is 28.9 Å². The van der Waals surface area contributed by atoms with Gasteiger partial charge in [0.1, 0.15) is 24.7 Å². The Morgan fingerprint density at radius 1 is 1.38 bits per heavy atom. The van der Waals surface area contributed by atoms with E-state index in [1.165, 1.54) is 0 Å². The lowest BCUT2D eigenvalue weighted by atomic mass is 10.1. The van der Waals surface area contributed by atoms with Gasteiger partial charge in [-0.25, -0.2) is 0 Å². The number of ether oxygens (including phenoxy) is 3. The van der Waals surface area contributed by atoms with Gasteiger partial charge in [0.25, 0.3) is 12.4 Å². The van der Waals surface area contributed by atoms with Gasteiger partial charge in [-0.1, -0.05) is 0 Å². The minimum atomic E-state index is -0.298. The zero-order chi connectivity index (χ0) is 18.1. The highest BCUT2D eigenvalue weighted by atomic mass is 16.6. The number of carbonyl (C=O) groups excluding carboxylic acids is 1. The van der Waals surface area contributed by atoms with Crippen LogP contribution < -0.4 is 10.1 Å². The number of nitrogens with zero attached hydrogens (tertiary/aromatic N) is 1. The fourth-order valence-corrected chi connectivity index (χ4v) is 2.22. The number of pyridine rings is 1. The quantitative estimate of drug-likeness (QED) is 0.797. The maximum absolute atomic E-state index is 12.1. The Bertz CT molecular complexity index is 627. The van der Waals surface area contributed by atoms with Gasteiger partial charge in [-0.2, -0.15) is 0 Å². The zero-order valence-corrected chi connectivity index (χ0v) is 14.2. The molecular weight excluding hydrogens is 316 g/mol. The van der Waals surface area contributed by atoms with E-state index in [1.54, 1.807) is 20.2 Å². The van der Waals surface area contributed by atoms with Crippen molar-refractivity contribution in [3.8, 4) is 5.75 Å². The van der Waals surface area contributed by atoms with Gasteiger partial charge in [0.05, 0.1) is 19.3 Å². The molecule has 0 saturated carbocycles. The number of amides is 1. The number of carbonyl (C=O) groups is 2. The van der Waals surface area contributed by atoms with Crippen LogP contribution in [0, 0.1) is 13.8 Å². The van der Waals surface area contributed by atoms with Crippen molar-refractivity contribution in [3.63, 3.8) is 0 Å². The normalized spacial score (nSPS) is 13.0. The molecule has 0 fully saturated rings. The molecule has 132 valence electrons. The Morgan fingerprint density at radius 3 is 2.58 bits per heavy atom. The van der Waals surface area contributed by atoms with Gasteiger partial charge in [-0.05, 0) is 20.8 Å². The summed E-state index contributed by atoms with van der Waals surface area (Å²) >= 11 is 0. The van der Waals surface area contributed by atoms with Gasteiger partial charge in [-0.15, -0.1) is 0 Å². The van der Waals surface area contributed by atoms with E-state index in [0.29, 0.717) is 25.5 Å². The van der Waals surface area contributed by atoms with Gasteiger partial charge >= 0.3 is 0 Å². The molecule has 0 aliphatic carbocycles. The second-order valence-electron chi connectivity index (χ2n) is 4.92. The van der Waals surface area contributed by atoms with E-state index in [1.807, 2.05) is 13.8 Å². The van der Waals surface area contributed by atoms with Crippen LogP contribution in [0.25, 0.3) is 0 Å². The molecule has 8 heteroatoms. The zero-order valence-electron chi connectivity index (χ0n) is 14.2. The van der Waals surface area contributed by atoms with Crippen LogP contribution in [0.15, 0.2) is 17.7 Å². The highest BCUT2D eigenvalue weighted by molar-refractivity contribution is 5.91. The summed E-state index contributed by atoms with van der Waals surface area (Å²) in [6.45, 7) is 6.48. The number of nitrogens with one attached hydrogen (secondary N) is 1. The monoisotopic (exact) mass is 338 g/mol. The summed E-state index contributed by atoms with van der Waals surface area (Å²) in [4.78, 5) is 24.8. The molecule has 0 unspecified atom stereocenters. The molecule has 0 atom stereocenters. The number of hydrogen-bond acceptors (Lipinski definition) is 6. The summed E-state index contributed by atoms with van der Waals surface area (Å²) in [5, 5.41) is 9.68. The maximum atomic E-state index is 12.1. The van der Waals surface area contributed by atoms with Gasteiger partial charge < -0.3 is 24.6 Å². The first-order valence-corrected chi connectivity index (χ1v) is 7.27. The van der Waals surface area contributed by atoms with Crippen LogP contribution >= 0.6 is 0 Å². The van der Waals surface area contributed by atoms with Crippen molar-refractivity contribution in [1.82, 2.24) is 10.3 Å². The molecular formula is C16H22N2O6. The Kier molecular flexibility index (Phi) is 7.54. The van der Waals surface area contributed by atoms with E-state index in [4.69, 9.17) is 24.1 Å². The number of allylic oxidation sites excluding steroid dienone is 1. The topological polar surface area (TPSA) is 107 Å². The molecule has 8 nitrogen and oxygen atoms in total. The molecule has 1 aromatic rings. The second-order valence-corrected chi connectivity index (χ2v) is 4.92. The summed E-state index contributed by atoms with van der Waals surface area (Å²) in [7, 11) is 1.62. The average Bonchev–Trinajstić information content (AvgIpc) is 2.55. The van der Waals surface area contributed by atoms with Crippen LogP contribution in [0.3, 0.4) is 0 Å². The molecule has 1 amide bonds. The minimum absolute atomic E-state index is 0.234. The Hall–Kier alpha value is -2.77. The highest BCUT2D eigenvalue weighted by Gasteiger charge is 2.20. The summed E-state index contributed by atoms with van der Waals surface area (Å²) < 4.78 is 16.0. The molecule has 1 aromatic heterocycles. The Labute approximate surface area is 140 Å². The van der Waals surface area contributed by atoms with E-state index >= 15 is 0 Å². The van der Waals surface area contributed by atoms with Gasteiger partial charge in [0.2, 0.25) is 5.76 Å². The molecule has 0 bridgehead atoms. The van der Waals surface area contributed by atoms with Crippen LogP contribution in [0.1, 0.15) is 23.7 Å². The van der Waals surface area contributed by atoms with Crippen molar-refractivity contribution >= 4 is 12.4 Å².